The van der Waals surface area contributed by atoms with Crippen molar-refractivity contribution < 1.29 is 0 Å². The summed E-state index contributed by atoms with van der Waals surface area (Å²) in [5.74, 6) is 1.64. The highest BCUT2D eigenvalue weighted by atomic mass is 14.6. The van der Waals surface area contributed by atoms with Crippen molar-refractivity contribution in [1.82, 2.24) is 0 Å². The fraction of sp³-hybridized carbons (Fsp3) is 1.00. The van der Waals surface area contributed by atoms with Crippen molar-refractivity contribution in [3.63, 3.8) is 0 Å². The Morgan fingerprint density at radius 1 is 0.923 bits per heavy atom. The lowest BCUT2D eigenvalue weighted by Gasteiger charge is -2.20. The van der Waals surface area contributed by atoms with Crippen LogP contribution in [0.2, 0.25) is 0 Å². The Morgan fingerprint density at radius 2 is 1.46 bits per heavy atom. The summed E-state index contributed by atoms with van der Waals surface area (Å²) in [6.45, 7) is 9.08. The average Bonchev–Trinajstić information content (AvgIpc) is 2.13. The predicted molar refractivity (Wildman–Crippen MR) is 60.7 cm³/mol. The lowest BCUT2D eigenvalue weighted by molar-refractivity contribution is 0.359. The molecule has 0 amide bonds. The Bertz CT molecular complexity index is 108. The molecule has 0 saturated carbocycles. The van der Waals surface area contributed by atoms with E-state index in [2.05, 4.69) is 27.7 Å². The lowest BCUT2D eigenvalue weighted by Crippen LogP contribution is -2.25. The van der Waals surface area contributed by atoms with Crippen molar-refractivity contribution in [2.45, 2.75) is 65.8 Å². The predicted octanol–water partition coefficient (Wildman–Crippen LogP) is 3.58. The van der Waals surface area contributed by atoms with Crippen molar-refractivity contribution in [1.29, 1.82) is 0 Å². The van der Waals surface area contributed by atoms with E-state index in [1.165, 1.54) is 32.1 Å². The van der Waals surface area contributed by atoms with Gasteiger partial charge in [0, 0.05) is 6.04 Å². The minimum atomic E-state index is 0.430. The van der Waals surface area contributed by atoms with E-state index >= 15 is 0 Å². The largest absolute Gasteiger partial charge is 0.328 e. The molecule has 80 valence electrons. The zero-order valence-electron chi connectivity index (χ0n) is 9.84. The first-order valence-electron chi connectivity index (χ1n) is 5.89. The number of hydrogen-bond donors (Lipinski definition) is 1. The Labute approximate surface area is 84.1 Å². The molecule has 0 aromatic heterocycles. The van der Waals surface area contributed by atoms with Crippen molar-refractivity contribution in [2.75, 3.05) is 0 Å². The highest BCUT2D eigenvalue weighted by Gasteiger charge is 2.12. The van der Waals surface area contributed by atoms with Crippen molar-refractivity contribution in [3.05, 3.63) is 0 Å². The molecule has 0 spiro atoms. The number of nitrogens with two attached hydrogens (primary N) is 1. The summed E-state index contributed by atoms with van der Waals surface area (Å²) in [5.41, 5.74) is 6.10. The number of rotatable bonds is 7. The van der Waals surface area contributed by atoms with Gasteiger partial charge in [-0.05, 0) is 24.7 Å². The second-order valence-corrected chi connectivity index (χ2v) is 4.43. The summed E-state index contributed by atoms with van der Waals surface area (Å²) in [5, 5.41) is 0. The van der Waals surface area contributed by atoms with E-state index in [-0.39, 0.29) is 0 Å². The Morgan fingerprint density at radius 3 is 1.85 bits per heavy atom. The molecule has 2 unspecified atom stereocenters. The Hall–Kier alpha value is -0.0400. The monoisotopic (exact) mass is 185 g/mol. The van der Waals surface area contributed by atoms with Crippen molar-refractivity contribution in [2.24, 2.45) is 17.6 Å². The summed E-state index contributed by atoms with van der Waals surface area (Å²) < 4.78 is 0. The maximum absolute atomic E-state index is 6.10. The van der Waals surface area contributed by atoms with Gasteiger partial charge in [0.05, 0.1) is 0 Å². The summed E-state index contributed by atoms with van der Waals surface area (Å²) in [4.78, 5) is 0. The van der Waals surface area contributed by atoms with Crippen LogP contribution in [0.25, 0.3) is 0 Å². The van der Waals surface area contributed by atoms with Crippen LogP contribution in [-0.4, -0.2) is 6.04 Å². The maximum Gasteiger partial charge on any atom is 0.00439 e. The van der Waals surface area contributed by atoms with E-state index in [9.17, 15) is 0 Å². The van der Waals surface area contributed by atoms with Gasteiger partial charge in [0.25, 0.3) is 0 Å². The normalized spacial score (nSPS) is 16.2. The van der Waals surface area contributed by atoms with Crippen molar-refractivity contribution in [3.8, 4) is 0 Å². The van der Waals surface area contributed by atoms with E-state index < -0.39 is 0 Å². The van der Waals surface area contributed by atoms with Crippen LogP contribution in [0.3, 0.4) is 0 Å². The minimum Gasteiger partial charge on any atom is -0.328 e. The van der Waals surface area contributed by atoms with Gasteiger partial charge in [-0.3, -0.25) is 0 Å². The minimum absolute atomic E-state index is 0.430. The van der Waals surface area contributed by atoms with Gasteiger partial charge in [-0.15, -0.1) is 0 Å². The lowest BCUT2D eigenvalue weighted by atomic mass is 9.90. The number of hydrogen-bond acceptors (Lipinski definition) is 1. The molecule has 0 aliphatic heterocycles. The van der Waals surface area contributed by atoms with Gasteiger partial charge in [-0.1, -0.05) is 47.0 Å². The van der Waals surface area contributed by atoms with Crippen LogP contribution < -0.4 is 5.73 Å². The third-order valence-corrected chi connectivity index (χ3v) is 3.19. The van der Waals surface area contributed by atoms with Crippen molar-refractivity contribution >= 4 is 0 Å². The van der Waals surface area contributed by atoms with Crippen LogP contribution in [0, 0.1) is 11.8 Å². The second-order valence-electron chi connectivity index (χ2n) is 4.43. The van der Waals surface area contributed by atoms with Gasteiger partial charge in [0.2, 0.25) is 0 Å². The molecule has 2 N–H and O–H groups in total. The Balaban J connectivity index is 3.65. The van der Waals surface area contributed by atoms with Crippen LogP contribution in [-0.2, 0) is 0 Å². The van der Waals surface area contributed by atoms with Crippen LogP contribution in [0.1, 0.15) is 59.8 Å². The second kappa shape index (κ2) is 7.37. The molecule has 0 rings (SSSR count). The smallest absolute Gasteiger partial charge is 0.00439 e. The zero-order chi connectivity index (χ0) is 10.3. The third-order valence-electron chi connectivity index (χ3n) is 3.19. The van der Waals surface area contributed by atoms with Crippen LogP contribution in [0.5, 0.6) is 0 Å². The molecule has 0 radical (unpaired) electrons. The molecule has 2 atom stereocenters. The van der Waals surface area contributed by atoms with E-state index in [0.29, 0.717) is 6.04 Å². The van der Waals surface area contributed by atoms with Gasteiger partial charge < -0.3 is 5.73 Å². The Kier molecular flexibility index (Phi) is 7.35. The third kappa shape index (κ3) is 6.09. The van der Waals surface area contributed by atoms with E-state index in [1.54, 1.807) is 0 Å². The molecule has 13 heavy (non-hydrogen) atoms. The fourth-order valence-corrected chi connectivity index (χ4v) is 1.83. The molecule has 0 aliphatic carbocycles. The maximum atomic E-state index is 6.10. The van der Waals surface area contributed by atoms with Gasteiger partial charge in [0.1, 0.15) is 0 Å². The summed E-state index contributed by atoms with van der Waals surface area (Å²) in [6.07, 6.45) is 6.25. The van der Waals surface area contributed by atoms with Crippen LogP contribution in [0.4, 0.5) is 0 Å². The molecular weight excluding hydrogens is 158 g/mol. The van der Waals surface area contributed by atoms with E-state index in [0.717, 1.165) is 11.8 Å². The SMILES string of the molecule is CCC(C)CC(N)CC(CC)CC. The van der Waals surface area contributed by atoms with Gasteiger partial charge in [-0.25, -0.2) is 0 Å². The molecule has 0 bridgehead atoms. The van der Waals surface area contributed by atoms with Crippen LogP contribution in [0.15, 0.2) is 0 Å². The highest BCUT2D eigenvalue weighted by Crippen LogP contribution is 2.18. The highest BCUT2D eigenvalue weighted by molar-refractivity contribution is 4.69. The van der Waals surface area contributed by atoms with Crippen LogP contribution >= 0.6 is 0 Å². The first-order chi connectivity index (χ1) is 6.13. The molecule has 0 aromatic rings. The van der Waals surface area contributed by atoms with Gasteiger partial charge in [0.15, 0.2) is 0 Å². The molecule has 1 heteroatoms. The summed E-state index contributed by atoms with van der Waals surface area (Å²) in [6, 6.07) is 0.430. The molecule has 1 nitrogen and oxygen atoms in total. The fourth-order valence-electron chi connectivity index (χ4n) is 1.83. The summed E-state index contributed by atoms with van der Waals surface area (Å²) >= 11 is 0. The summed E-state index contributed by atoms with van der Waals surface area (Å²) in [7, 11) is 0. The molecule has 0 aromatic carbocycles. The van der Waals surface area contributed by atoms with E-state index in [1.807, 2.05) is 0 Å². The topological polar surface area (TPSA) is 26.0 Å². The molecule has 0 fully saturated rings. The standard InChI is InChI=1S/C12H27N/c1-5-10(4)8-12(13)9-11(6-2)7-3/h10-12H,5-9,13H2,1-4H3. The zero-order valence-corrected chi connectivity index (χ0v) is 9.84. The molecule has 0 heterocycles. The quantitative estimate of drug-likeness (QED) is 0.644. The molecular formula is C12H27N. The van der Waals surface area contributed by atoms with Gasteiger partial charge >= 0.3 is 0 Å². The average molecular weight is 185 g/mol. The first kappa shape index (κ1) is 13.0. The molecule has 0 aliphatic rings. The van der Waals surface area contributed by atoms with E-state index in [4.69, 9.17) is 5.73 Å². The van der Waals surface area contributed by atoms with Gasteiger partial charge in [-0.2, -0.15) is 0 Å². The molecule has 0 saturated heterocycles. The first-order valence-corrected chi connectivity index (χ1v) is 5.89.